The van der Waals surface area contributed by atoms with E-state index in [2.05, 4.69) is 31.2 Å². The van der Waals surface area contributed by atoms with Crippen LogP contribution in [-0.2, 0) is 22.4 Å². The van der Waals surface area contributed by atoms with E-state index in [4.69, 9.17) is 14.6 Å². The molecule has 0 saturated carbocycles. The molecule has 36 heavy (non-hydrogen) atoms. The second-order valence-electron chi connectivity index (χ2n) is 8.06. The van der Waals surface area contributed by atoms with Gasteiger partial charge in [0.25, 0.3) is 12.9 Å². The molecule has 0 aliphatic heterocycles. The predicted molar refractivity (Wildman–Crippen MR) is 136 cm³/mol. The molecule has 0 fully saturated rings. The molecule has 4 rings (SSSR count). The maximum absolute atomic E-state index is 10.7. The molecule has 182 valence electrons. The normalized spacial score (nSPS) is 9.92. The van der Waals surface area contributed by atoms with Gasteiger partial charge in [-0.15, -0.1) is 0 Å². The zero-order valence-corrected chi connectivity index (χ0v) is 19.8. The zero-order chi connectivity index (χ0) is 25.8. The number of aryl methyl sites for hydroxylation is 1. The molecule has 0 unspecified atom stereocenters. The molecular weight excluding hydrogens is 456 g/mol. The van der Waals surface area contributed by atoms with Crippen LogP contribution in [0.15, 0.2) is 97.1 Å². The Morgan fingerprint density at radius 2 is 1.19 bits per heavy atom. The topological polar surface area (TPSA) is 89.9 Å². The summed E-state index contributed by atoms with van der Waals surface area (Å²) in [5.74, 6) is 0.159. The van der Waals surface area contributed by atoms with E-state index < -0.39 is 5.97 Å². The molecule has 0 heterocycles. The van der Waals surface area contributed by atoms with Gasteiger partial charge in [-0.2, -0.15) is 0 Å². The van der Waals surface area contributed by atoms with Crippen LogP contribution in [0.1, 0.15) is 38.2 Å². The molecule has 0 aromatic heterocycles. The first-order chi connectivity index (χ1) is 17.5. The lowest BCUT2D eigenvalue weighted by Crippen LogP contribution is -1.96. The number of carboxylic acids is 1. The number of carbonyl (C=O) groups excluding carboxylic acids is 2. The summed E-state index contributed by atoms with van der Waals surface area (Å²) in [5, 5.41) is 8.80. The van der Waals surface area contributed by atoms with Crippen molar-refractivity contribution in [3.63, 3.8) is 0 Å². The number of hydrogen-bond donors (Lipinski definition) is 1. The van der Waals surface area contributed by atoms with Gasteiger partial charge in [0.15, 0.2) is 0 Å². The van der Waals surface area contributed by atoms with Gasteiger partial charge in [-0.1, -0.05) is 66.2 Å². The van der Waals surface area contributed by atoms with Crippen molar-refractivity contribution in [1.29, 1.82) is 0 Å². The third-order valence-corrected chi connectivity index (χ3v) is 5.29. The van der Waals surface area contributed by atoms with E-state index in [9.17, 15) is 14.4 Å². The maximum atomic E-state index is 10.7. The molecular formula is C30H26O6. The Labute approximate surface area is 209 Å². The van der Waals surface area contributed by atoms with E-state index in [1.807, 2.05) is 30.3 Å². The molecule has 0 atom stereocenters. The monoisotopic (exact) mass is 482 g/mol. The highest BCUT2D eigenvalue weighted by molar-refractivity contribution is 5.87. The molecule has 1 N–H and O–H groups in total. The summed E-state index contributed by atoms with van der Waals surface area (Å²) in [6.07, 6.45) is 1.54. The Kier molecular flexibility index (Phi) is 9.53. The van der Waals surface area contributed by atoms with Crippen LogP contribution in [-0.4, -0.2) is 24.0 Å². The minimum atomic E-state index is -0.929. The lowest BCUT2D eigenvalue weighted by Gasteiger charge is -2.04. The van der Waals surface area contributed by atoms with E-state index in [1.54, 1.807) is 42.5 Å². The summed E-state index contributed by atoms with van der Waals surface area (Å²) in [4.78, 5) is 31.2. The van der Waals surface area contributed by atoms with Gasteiger partial charge in [-0.05, 0) is 78.4 Å². The van der Waals surface area contributed by atoms with Crippen molar-refractivity contribution in [2.75, 3.05) is 0 Å². The highest BCUT2D eigenvalue weighted by Gasteiger charge is 2.03. The van der Waals surface area contributed by atoms with Crippen LogP contribution in [0.3, 0.4) is 0 Å². The van der Waals surface area contributed by atoms with Gasteiger partial charge in [0.05, 0.1) is 5.56 Å². The molecule has 0 bridgehead atoms. The van der Waals surface area contributed by atoms with E-state index in [0.29, 0.717) is 30.9 Å². The first kappa shape index (κ1) is 25.9. The summed E-state index contributed by atoms with van der Waals surface area (Å²) in [6.45, 7) is 2.92. The van der Waals surface area contributed by atoms with Crippen molar-refractivity contribution >= 4 is 18.9 Å². The Morgan fingerprint density at radius 1 is 0.667 bits per heavy atom. The van der Waals surface area contributed by atoms with E-state index in [-0.39, 0.29) is 5.56 Å². The minimum Gasteiger partial charge on any atom is -0.478 e. The smallest absolute Gasteiger partial charge is 0.335 e. The summed E-state index contributed by atoms with van der Waals surface area (Å²) in [5.41, 5.74) is 6.00. The number of carboxylic acid groups (broad SMARTS) is 1. The number of hydrogen-bond acceptors (Lipinski definition) is 5. The lowest BCUT2D eigenvalue weighted by atomic mass is 10.0. The second kappa shape index (κ2) is 13.2. The third-order valence-electron chi connectivity index (χ3n) is 5.29. The fraction of sp³-hybridized carbons (Fsp3) is 0.100. The van der Waals surface area contributed by atoms with Gasteiger partial charge in [0.1, 0.15) is 11.5 Å². The third kappa shape index (κ3) is 8.25. The minimum absolute atomic E-state index is 0.276. The molecule has 6 heteroatoms. The van der Waals surface area contributed by atoms with Crippen molar-refractivity contribution in [2.24, 2.45) is 0 Å². The largest absolute Gasteiger partial charge is 0.478 e. The van der Waals surface area contributed by atoms with Crippen LogP contribution in [0.25, 0.3) is 0 Å². The van der Waals surface area contributed by atoms with Crippen molar-refractivity contribution < 1.29 is 29.0 Å². The number of ether oxygens (including phenoxy) is 2. The summed E-state index contributed by atoms with van der Waals surface area (Å²) in [7, 11) is 0. The van der Waals surface area contributed by atoms with Gasteiger partial charge in [0, 0.05) is 0 Å². The summed E-state index contributed by atoms with van der Waals surface area (Å²) in [6, 6.07) is 29.9. The highest BCUT2D eigenvalue weighted by Crippen LogP contribution is 2.17. The quantitative estimate of drug-likeness (QED) is 0.311. The molecule has 4 aromatic carbocycles. The Hall–Kier alpha value is -4.71. The molecule has 0 aliphatic carbocycles. The molecule has 0 amide bonds. The summed E-state index contributed by atoms with van der Waals surface area (Å²) < 4.78 is 9.53. The predicted octanol–water partition coefficient (Wildman–Crippen LogP) is 5.63. The Balaban J connectivity index is 0.000000202. The zero-order valence-electron chi connectivity index (χ0n) is 19.8. The number of carbonyl (C=O) groups is 3. The van der Waals surface area contributed by atoms with Gasteiger partial charge in [0.2, 0.25) is 0 Å². The van der Waals surface area contributed by atoms with Crippen LogP contribution in [0.2, 0.25) is 0 Å². The van der Waals surface area contributed by atoms with Crippen molar-refractivity contribution in [1.82, 2.24) is 0 Å². The van der Waals surface area contributed by atoms with Crippen LogP contribution < -0.4 is 9.47 Å². The van der Waals surface area contributed by atoms with Crippen LogP contribution in [0.5, 0.6) is 11.5 Å². The SMILES string of the molecule is Cc1cccc(Cc2cccc(OC=O)c2)c1.O=COc1ccc(Cc2ccc(C(=O)O)cc2)cc1. The van der Waals surface area contributed by atoms with Crippen molar-refractivity contribution in [2.45, 2.75) is 19.8 Å². The van der Waals surface area contributed by atoms with Crippen molar-refractivity contribution in [3.05, 3.63) is 130 Å². The summed E-state index contributed by atoms with van der Waals surface area (Å²) >= 11 is 0. The first-order valence-corrected chi connectivity index (χ1v) is 11.2. The van der Waals surface area contributed by atoms with E-state index in [0.717, 1.165) is 23.1 Å². The number of aromatic carboxylic acids is 1. The molecule has 0 radical (unpaired) electrons. The van der Waals surface area contributed by atoms with Gasteiger partial charge in [-0.25, -0.2) is 4.79 Å². The lowest BCUT2D eigenvalue weighted by molar-refractivity contribution is -0.121. The average Bonchev–Trinajstić information content (AvgIpc) is 2.87. The standard InChI is InChI=1S/C15H12O4.C15H14O2/c16-10-19-14-7-3-12(4-8-14)9-11-1-5-13(6-2-11)15(17)18;1-12-4-2-5-13(8-12)9-14-6-3-7-15(10-14)17-11-16/h1-8,10H,9H2,(H,17,18);2-8,10-11H,9H2,1H3. The van der Waals surface area contributed by atoms with Gasteiger partial charge < -0.3 is 14.6 Å². The Bertz CT molecular complexity index is 1290. The van der Waals surface area contributed by atoms with Crippen LogP contribution in [0.4, 0.5) is 0 Å². The second-order valence-corrected chi connectivity index (χ2v) is 8.06. The molecule has 0 saturated heterocycles. The fourth-order valence-electron chi connectivity index (χ4n) is 3.58. The van der Waals surface area contributed by atoms with Crippen molar-refractivity contribution in [3.8, 4) is 11.5 Å². The number of benzene rings is 4. The van der Waals surface area contributed by atoms with E-state index in [1.165, 1.54) is 11.1 Å². The number of rotatable bonds is 9. The van der Waals surface area contributed by atoms with Gasteiger partial charge >= 0.3 is 5.97 Å². The van der Waals surface area contributed by atoms with Gasteiger partial charge in [-0.3, -0.25) is 9.59 Å². The molecule has 4 aromatic rings. The van der Waals surface area contributed by atoms with Crippen LogP contribution in [0, 0.1) is 6.92 Å². The van der Waals surface area contributed by atoms with E-state index >= 15 is 0 Å². The molecule has 0 spiro atoms. The fourth-order valence-corrected chi connectivity index (χ4v) is 3.58. The maximum Gasteiger partial charge on any atom is 0.335 e. The average molecular weight is 483 g/mol. The highest BCUT2D eigenvalue weighted by atomic mass is 16.5. The first-order valence-electron chi connectivity index (χ1n) is 11.2. The molecule has 0 aliphatic rings. The molecule has 6 nitrogen and oxygen atoms in total. The Morgan fingerprint density at radius 3 is 1.78 bits per heavy atom. The van der Waals surface area contributed by atoms with Crippen LogP contribution >= 0.6 is 0 Å².